The third-order valence-electron chi connectivity index (χ3n) is 4.35. The highest BCUT2D eigenvalue weighted by molar-refractivity contribution is 5.97. The number of nitrogens with zero attached hydrogens (tertiary/aromatic N) is 2. The number of ether oxygens (including phenoxy) is 2. The highest BCUT2D eigenvalue weighted by atomic mass is 19.1. The van der Waals surface area contributed by atoms with Gasteiger partial charge in [-0.05, 0) is 64.8 Å². The minimum absolute atomic E-state index is 0.0490. The Kier molecular flexibility index (Phi) is 8.62. The molecule has 0 aliphatic carbocycles. The van der Waals surface area contributed by atoms with Crippen LogP contribution in [0.1, 0.15) is 58.2 Å². The number of carbonyl (C=O) groups excluding carboxylic acids is 2. The summed E-state index contributed by atoms with van der Waals surface area (Å²) in [6.45, 7) is 10.4. The van der Waals surface area contributed by atoms with Gasteiger partial charge in [-0.15, -0.1) is 0 Å². The molecule has 2 amide bonds. The molecule has 8 nitrogen and oxygen atoms in total. The van der Waals surface area contributed by atoms with Crippen LogP contribution in [0.2, 0.25) is 0 Å². The molecule has 2 N–H and O–H groups in total. The van der Waals surface area contributed by atoms with E-state index in [9.17, 15) is 14.0 Å². The van der Waals surface area contributed by atoms with Crippen LogP contribution in [0.15, 0.2) is 53.7 Å². The van der Waals surface area contributed by atoms with Gasteiger partial charge < -0.3 is 20.0 Å². The number of oxime groups is 1. The second kappa shape index (κ2) is 11.0. The molecule has 2 aromatic rings. The van der Waals surface area contributed by atoms with Gasteiger partial charge in [0.05, 0.1) is 0 Å². The number of rotatable bonds is 6. The molecule has 0 fully saturated rings. The second-order valence-electron chi connectivity index (χ2n) is 9.61. The first-order valence-electron chi connectivity index (χ1n) is 10.8. The number of amides is 2. The fourth-order valence-electron chi connectivity index (χ4n) is 2.72. The molecule has 0 saturated heterocycles. The largest absolute Gasteiger partial charge is 0.444 e. The third kappa shape index (κ3) is 8.38. The Morgan fingerprint density at radius 3 is 1.94 bits per heavy atom. The summed E-state index contributed by atoms with van der Waals surface area (Å²) in [6, 6.07) is 12.7. The summed E-state index contributed by atoms with van der Waals surface area (Å²) in [5, 5.41) is 3.87. The first kappa shape index (κ1) is 26.6. The Bertz CT molecular complexity index is 1010. The quantitative estimate of drug-likeness (QED) is 0.345. The maximum absolute atomic E-state index is 12.9. The molecule has 184 valence electrons. The Morgan fingerprint density at radius 2 is 1.41 bits per heavy atom. The lowest BCUT2D eigenvalue weighted by molar-refractivity contribution is 0.00315. The normalized spacial score (nSPS) is 12.1. The molecule has 0 heterocycles. The van der Waals surface area contributed by atoms with Gasteiger partial charge in [-0.2, -0.15) is 0 Å². The fraction of sp³-hybridized carbons (Fsp3) is 0.400. The molecule has 0 saturated carbocycles. The molecule has 2 aromatic carbocycles. The summed E-state index contributed by atoms with van der Waals surface area (Å²) in [7, 11) is 0. The molecular formula is C25H32FN3O5. The van der Waals surface area contributed by atoms with Crippen LogP contribution in [0.25, 0.3) is 0 Å². The van der Waals surface area contributed by atoms with Gasteiger partial charge in [0.1, 0.15) is 24.6 Å². The summed E-state index contributed by atoms with van der Waals surface area (Å²) >= 11 is 0. The van der Waals surface area contributed by atoms with Gasteiger partial charge in [0.2, 0.25) is 0 Å². The van der Waals surface area contributed by atoms with Gasteiger partial charge in [0, 0.05) is 11.1 Å². The van der Waals surface area contributed by atoms with Crippen molar-refractivity contribution >= 4 is 18.0 Å². The van der Waals surface area contributed by atoms with Gasteiger partial charge in [0.25, 0.3) is 0 Å². The molecule has 34 heavy (non-hydrogen) atoms. The van der Waals surface area contributed by atoms with Crippen molar-refractivity contribution in [1.82, 2.24) is 4.90 Å². The van der Waals surface area contributed by atoms with Gasteiger partial charge in [-0.25, -0.2) is 18.9 Å². The number of benzene rings is 2. The van der Waals surface area contributed by atoms with E-state index in [2.05, 4.69) is 5.16 Å². The monoisotopic (exact) mass is 473 g/mol. The summed E-state index contributed by atoms with van der Waals surface area (Å²) in [4.78, 5) is 31.3. The average molecular weight is 474 g/mol. The van der Waals surface area contributed by atoms with E-state index in [0.29, 0.717) is 11.1 Å². The SMILES string of the molecule is CC(C)(C)OC(=O)N(C(=O)OCc1ccc(C(N)=NOCc2ccc(F)cc2)cc1)C(C)(C)C. The van der Waals surface area contributed by atoms with E-state index in [-0.39, 0.29) is 24.9 Å². The van der Waals surface area contributed by atoms with E-state index in [4.69, 9.17) is 20.0 Å². The van der Waals surface area contributed by atoms with Crippen molar-refractivity contribution in [1.29, 1.82) is 0 Å². The van der Waals surface area contributed by atoms with Crippen molar-refractivity contribution in [3.8, 4) is 0 Å². The molecule has 0 radical (unpaired) electrons. The minimum Gasteiger partial charge on any atom is -0.444 e. The highest BCUT2D eigenvalue weighted by Gasteiger charge is 2.37. The summed E-state index contributed by atoms with van der Waals surface area (Å²) in [5.74, 6) is -0.164. The molecule has 2 rings (SSSR count). The van der Waals surface area contributed by atoms with E-state index in [0.717, 1.165) is 10.5 Å². The first-order chi connectivity index (χ1) is 15.8. The van der Waals surface area contributed by atoms with Crippen molar-refractivity contribution < 1.29 is 28.3 Å². The van der Waals surface area contributed by atoms with Gasteiger partial charge in [0.15, 0.2) is 5.84 Å². The summed E-state index contributed by atoms with van der Waals surface area (Å²) < 4.78 is 23.6. The smallest absolute Gasteiger partial charge is 0.420 e. The van der Waals surface area contributed by atoms with E-state index in [1.54, 1.807) is 77.9 Å². The maximum atomic E-state index is 12.9. The van der Waals surface area contributed by atoms with Crippen LogP contribution in [0.5, 0.6) is 0 Å². The van der Waals surface area contributed by atoms with Crippen molar-refractivity contribution in [2.75, 3.05) is 0 Å². The van der Waals surface area contributed by atoms with E-state index >= 15 is 0 Å². The molecule has 0 aliphatic rings. The van der Waals surface area contributed by atoms with Crippen molar-refractivity contribution in [2.45, 2.75) is 65.9 Å². The Labute approximate surface area is 199 Å². The standard InChI is InChI=1S/C25H32FN3O5/c1-24(2,3)29(23(31)34-25(4,5)6)22(30)32-15-17-7-11-19(12-8-17)21(27)28-33-16-18-9-13-20(26)14-10-18/h7-14H,15-16H2,1-6H3,(H2,27,28). The first-order valence-corrected chi connectivity index (χ1v) is 10.8. The van der Waals surface area contributed by atoms with Crippen LogP contribution in [0.3, 0.4) is 0 Å². The maximum Gasteiger partial charge on any atom is 0.420 e. The highest BCUT2D eigenvalue weighted by Crippen LogP contribution is 2.20. The molecule has 9 heteroatoms. The number of nitrogens with two attached hydrogens (primary N) is 1. The molecule has 0 spiro atoms. The summed E-state index contributed by atoms with van der Waals surface area (Å²) in [6.07, 6.45) is -1.58. The van der Waals surface area contributed by atoms with Crippen LogP contribution in [0.4, 0.5) is 14.0 Å². The van der Waals surface area contributed by atoms with Gasteiger partial charge >= 0.3 is 12.2 Å². The fourth-order valence-corrected chi connectivity index (χ4v) is 2.72. The van der Waals surface area contributed by atoms with Crippen LogP contribution in [-0.2, 0) is 27.5 Å². The minimum atomic E-state index is -0.831. The van der Waals surface area contributed by atoms with Gasteiger partial charge in [-0.3, -0.25) is 0 Å². The Balaban J connectivity index is 1.95. The lowest BCUT2D eigenvalue weighted by atomic mass is 10.1. The molecule has 0 aliphatic heterocycles. The Hall–Kier alpha value is -3.62. The predicted octanol–water partition coefficient (Wildman–Crippen LogP) is 5.34. The van der Waals surface area contributed by atoms with E-state index in [1.807, 2.05) is 0 Å². The van der Waals surface area contributed by atoms with E-state index in [1.165, 1.54) is 12.1 Å². The van der Waals surface area contributed by atoms with Crippen molar-refractivity contribution in [3.05, 3.63) is 71.0 Å². The lowest BCUT2D eigenvalue weighted by Crippen LogP contribution is -2.51. The van der Waals surface area contributed by atoms with Crippen molar-refractivity contribution in [3.63, 3.8) is 0 Å². The van der Waals surface area contributed by atoms with Crippen LogP contribution >= 0.6 is 0 Å². The zero-order valence-corrected chi connectivity index (χ0v) is 20.4. The third-order valence-corrected chi connectivity index (χ3v) is 4.35. The number of carbonyl (C=O) groups is 2. The van der Waals surface area contributed by atoms with Crippen LogP contribution in [-0.4, -0.2) is 34.1 Å². The lowest BCUT2D eigenvalue weighted by Gasteiger charge is -2.34. The topological polar surface area (TPSA) is 103 Å². The number of amidine groups is 1. The average Bonchev–Trinajstić information content (AvgIpc) is 2.71. The Morgan fingerprint density at radius 1 is 0.882 bits per heavy atom. The molecule has 0 unspecified atom stereocenters. The number of hydrogen-bond acceptors (Lipinski definition) is 6. The van der Waals surface area contributed by atoms with Gasteiger partial charge in [-0.1, -0.05) is 41.6 Å². The second-order valence-corrected chi connectivity index (χ2v) is 9.61. The molecule has 0 bridgehead atoms. The number of imide groups is 1. The summed E-state index contributed by atoms with van der Waals surface area (Å²) in [5.41, 5.74) is 6.42. The van der Waals surface area contributed by atoms with Crippen LogP contribution < -0.4 is 5.73 Å². The van der Waals surface area contributed by atoms with Crippen molar-refractivity contribution in [2.24, 2.45) is 10.9 Å². The molecule has 0 atom stereocenters. The molecular weight excluding hydrogens is 441 g/mol. The zero-order valence-electron chi connectivity index (χ0n) is 20.4. The zero-order chi connectivity index (χ0) is 25.5. The van der Waals surface area contributed by atoms with Crippen LogP contribution in [0, 0.1) is 5.82 Å². The number of hydrogen-bond donors (Lipinski definition) is 1. The predicted molar refractivity (Wildman–Crippen MR) is 126 cm³/mol. The molecule has 0 aromatic heterocycles. The van der Waals surface area contributed by atoms with E-state index < -0.39 is 23.3 Å². The number of halogens is 1.